The van der Waals surface area contributed by atoms with Crippen molar-refractivity contribution in [3.8, 4) is 0 Å². The summed E-state index contributed by atoms with van der Waals surface area (Å²) >= 11 is 0. The molecular weight excluding hydrogens is 216 g/mol. The molecule has 0 aromatic rings. The van der Waals surface area contributed by atoms with Gasteiger partial charge in [0.25, 0.3) is 0 Å². The molecule has 0 aromatic carbocycles. The normalized spacial score (nSPS) is 37.5. The minimum absolute atomic E-state index is 0.115. The van der Waals surface area contributed by atoms with Gasteiger partial charge in [-0.3, -0.25) is 4.79 Å². The Labute approximate surface area is 103 Å². The second kappa shape index (κ2) is 4.97. The average Bonchev–Trinajstić information content (AvgIpc) is 2.65. The molecule has 6 atom stereocenters. The van der Waals surface area contributed by atoms with E-state index >= 15 is 0 Å². The number of fused-ring (bicyclic) bond motifs is 2. The van der Waals surface area contributed by atoms with Crippen LogP contribution in [-0.4, -0.2) is 22.3 Å². The number of carboxylic acid groups (broad SMARTS) is 1. The highest BCUT2D eigenvalue weighted by Gasteiger charge is 2.39. The summed E-state index contributed by atoms with van der Waals surface area (Å²) in [5, 5.41) is 19.1. The van der Waals surface area contributed by atoms with Crippen molar-refractivity contribution in [1.82, 2.24) is 0 Å². The highest BCUT2D eigenvalue weighted by Crippen LogP contribution is 2.47. The molecule has 98 valence electrons. The van der Waals surface area contributed by atoms with Crippen molar-refractivity contribution >= 4 is 5.97 Å². The fourth-order valence-corrected chi connectivity index (χ4v) is 3.87. The fraction of sp³-hybridized carbons (Fsp3) is 0.929. The van der Waals surface area contributed by atoms with Gasteiger partial charge in [0, 0.05) is 0 Å². The van der Waals surface area contributed by atoms with E-state index in [0.29, 0.717) is 5.92 Å². The van der Waals surface area contributed by atoms with Gasteiger partial charge in [-0.25, -0.2) is 0 Å². The first-order valence-electron chi connectivity index (χ1n) is 6.90. The Morgan fingerprint density at radius 2 is 1.65 bits per heavy atom. The van der Waals surface area contributed by atoms with Gasteiger partial charge in [-0.05, 0) is 49.9 Å². The molecule has 0 amide bonds. The van der Waals surface area contributed by atoms with E-state index in [4.69, 9.17) is 5.11 Å². The first-order chi connectivity index (χ1) is 7.99. The van der Waals surface area contributed by atoms with Crippen molar-refractivity contribution in [2.45, 2.75) is 52.1 Å². The maximum atomic E-state index is 10.9. The van der Waals surface area contributed by atoms with Gasteiger partial charge in [0.05, 0.1) is 12.0 Å². The van der Waals surface area contributed by atoms with Crippen LogP contribution in [0, 0.1) is 29.6 Å². The molecule has 3 nitrogen and oxygen atoms in total. The van der Waals surface area contributed by atoms with Crippen LogP contribution in [0.3, 0.4) is 0 Å². The Kier molecular flexibility index (Phi) is 3.76. The lowest BCUT2D eigenvalue weighted by molar-refractivity contribution is -0.146. The summed E-state index contributed by atoms with van der Waals surface area (Å²) in [6.45, 7) is 3.64. The molecule has 0 spiro atoms. The lowest BCUT2D eigenvalue weighted by Gasteiger charge is -2.35. The predicted octanol–water partition coefficient (Wildman–Crippen LogP) is 2.53. The van der Waals surface area contributed by atoms with Crippen molar-refractivity contribution in [3.63, 3.8) is 0 Å². The van der Waals surface area contributed by atoms with Crippen molar-refractivity contribution in [1.29, 1.82) is 0 Å². The van der Waals surface area contributed by atoms with Gasteiger partial charge in [0.2, 0.25) is 0 Å². The Hall–Kier alpha value is -0.570. The molecule has 2 N–H and O–H groups in total. The predicted molar refractivity (Wildman–Crippen MR) is 65.5 cm³/mol. The van der Waals surface area contributed by atoms with Gasteiger partial charge in [-0.15, -0.1) is 0 Å². The molecular formula is C14H24O3. The Balaban J connectivity index is 1.95. The molecule has 1 unspecified atom stereocenters. The summed E-state index contributed by atoms with van der Waals surface area (Å²) in [4.78, 5) is 10.9. The zero-order valence-electron chi connectivity index (χ0n) is 10.8. The second-order valence-electron chi connectivity index (χ2n) is 6.25. The zero-order chi connectivity index (χ0) is 12.6. The van der Waals surface area contributed by atoms with Crippen LogP contribution in [0.5, 0.6) is 0 Å². The molecule has 0 saturated heterocycles. The quantitative estimate of drug-likeness (QED) is 0.794. The first kappa shape index (κ1) is 12.9. The summed E-state index contributed by atoms with van der Waals surface area (Å²) in [7, 11) is 0. The van der Waals surface area contributed by atoms with E-state index in [-0.39, 0.29) is 5.92 Å². The maximum absolute atomic E-state index is 10.9. The van der Waals surface area contributed by atoms with Crippen LogP contribution in [0.2, 0.25) is 0 Å². The van der Waals surface area contributed by atoms with E-state index in [1.807, 2.05) is 6.92 Å². The molecule has 0 radical (unpaired) electrons. The molecule has 2 aliphatic carbocycles. The number of rotatable bonds is 4. The molecule has 2 rings (SSSR count). The van der Waals surface area contributed by atoms with Crippen LogP contribution < -0.4 is 0 Å². The maximum Gasteiger partial charge on any atom is 0.308 e. The number of aliphatic carboxylic acids is 1. The van der Waals surface area contributed by atoms with Crippen LogP contribution in [0.15, 0.2) is 0 Å². The summed E-state index contributed by atoms with van der Waals surface area (Å²) in [6, 6.07) is 0. The minimum Gasteiger partial charge on any atom is -0.481 e. The van der Waals surface area contributed by atoms with Crippen LogP contribution in [-0.2, 0) is 4.79 Å². The topological polar surface area (TPSA) is 57.5 Å². The number of hydrogen-bond donors (Lipinski definition) is 2. The molecule has 3 heteroatoms. The summed E-state index contributed by atoms with van der Waals surface area (Å²) in [6.07, 6.45) is 5.75. The van der Waals surface area contributed by atoms with E-state index in [0.717, 1.165) is 11.8 Å². The fourth-order valence-electron chi connectivity index (χ4n) is 3.87. The molecule has 0 aliphatic heterocycles. The molecule has 2 fully saturated rings. The number of aliphatic hydroxyl groups is 1. The van der Waals surface area contributed by atoms with Gasteiger partial charge in [0.15, 0.2) is 0 Å². The molecule has 0 heterocycles. The number of aliphatic hydroxyl groups excluding tert-OH is 1. The Bertz CT molecular complexity index is 277. The summed E-state index contributed by atoms with van der Waals surface area (Å²) in [5.41, 5.74) is 0. The lowest BCUT2D eigenvalue weighted by atomic mass is 9.72. The van der Waals surface area contributed by atoms with E-state index < -0.39 is 18.0 Å². The largest absolute Gasteiger partial charge is 0.481 e. The van der Waals surface area contributed by atoms with Crippen LogP contribution >= 0.6 is 0 Å². The minimum atomic E-state index is -0.886. The van der Waals surface area contributed by atoms with E-state index in [1.54, 1.807) is 6.92 Å². The third kappa shape index (κ3) is 2.65. The molecule has 0 aromatic heterocycles. The Morgan fingerprint density at radius 1 is 1.12 bits per heavy atom. The molecule has 2 saturated carbocycles. The first-order valence-corrected chi connectivity index (χ1v) is 6.90. The lowest BCUT2D eigenvalue weighted by Crippen LogP contribution is -2.36. The zero-order valence-corrected chi connectivity index (χ0v) is 10.8. The third-order valence-electron chi connectivity index (χ3n) is 5.11. The highest BCUT2D eigenvalue weighted by atomic mass is 16.4. The third-order valence-corrected chi connectivity index (χ3v) is 5.11. The molecule has 2 bridgehead atoms. The van der Waals surface area contributed by atoms with E-state index in [1.165, 1.54) is 32.1 Å². The van der Waals surface area contributed by atoms with Crippen LogP contribution in [0.4, 0.5) is 0 Å². The van der Waals surface area contributed by atoms with Crippen molar-refractivity contribution < 1.29 is 15.0 Å². The smallest absolute Gasteiger partial charge is 0.308 e. The van der Waals surface area contributed by atoms with E-state index in [9.17, 15) is 9.90 Å². The van der Waals surface area contributed by atoms with Crippen molar-refractivity contribution in [2.24, 2.45) is 29.6 Å². The molecule has 17 heavy (non-hydrogen) atoms. The highest BCUT2D eigenvalue weighted by molar-refractivity contribution is 5.70. The van der Waals surface area contributed by atoms with Crippen molar-refractivity contribution in [2.75, 3.05) is 0 Å². The summed E-state index contributed by atoms with van der Waals surface area (Å²) < 4.78 is 0. The van der Waals surface area contributed by atoms with Crippen molar-refractivity contribution in [3.05, 3.63) is 0 Å². The second-order valence-corrected chi connectivity index (χ2v) is 6.25. The monoisotopic (exact) mass is 240 g/mol. The number of hydrogen-bond acceptors (Lipinski definition) is 2. The SMILES string of the molecule is C[C@@H](C(=O)O)[C@H](O)[C@@H](C)C1C[C@H]2CC[C@@H](C1)C2. The standard InChI is InChI=1S/C14H24O3/c1-8(13(15)9(2)14(16)17)12-6-10-3-4-11(5-10)7-12/h8-13,15H,3-7H2,1-2H3,(H,16,17)/t8-,9+,10-,11+,12?,13+/m0/s1. The van der Waals surface area contributed by atoms with Gasteiger partial charge >= 0.3 is 5.97 Å². The van der Waals surface area contributed by atoms with Crippen LogP contribution in [0.25, 0.3) is 0 Å². The summed E-state index contributed by atoms with van der Waals surface area (Å²) in [5.74, 6) is 0.789. The number of carbonyl (C=O) groups is 1. The van der Waals surface area contributed by atoms with E-state index in [2.05, 4.69) is 0 Å². The average molecular weight is 240 g/mol. The van der Waals surface area contributed by atoms with Gasteiger partial charge in [-0.1, -0.05) is 19.8 Å². The molecule has 2 aliphatic rings. The van der Waals surface area contributed by atoms with Gasteiger partial charge < -0.3 is 10.2 Å². The van der Waals surface area contributed by atoms with Gasteiger partial charge in [-0.2, -0.15) is 0 Å². The number of carboxylic acids is 1. The van der Waals surface area contributed by atoms with Crippen LogP contribution in [0.1, 0.15) is 46.0 Å². The van der Waals surface area contributed by atoms with Gasteiger partial charge in [0.1, 0.15) is 0 Å². The Morgan fingerprint density at radius 3 is 2.12 bits per heavy atom.